The van der Waals surface area contributed by atoms with Gasteiger partial charge in [-0.15, -0.1) is 0 Å². The Hall–Kier alpha value is -0.0900. The molecule has 3 nitrogen and oxygen atoms in total. The van der Waals surface area contributed by atoms with Gasteiger partial charge >= 0.3 is 0 Å². The third-order valence-corrected chi connectivity index (χ3v) is 6.89. The van der Waals surface area contributed by atoms with Gasteiger partial charge in [-0.05, 0) is 56.8 Å². The van der Waals surface area contributed by atoms with Crippen LogP contribution in [0.3, 0.4) is 0 Å². The summed E-state index contributed by atoms with van der Waals surface area (Å²) >= 11 is 0. The molecule has 18 heavy (non-hydrogen) atoms. The van der Waals surface area contributed by atoms with Crippen molar-refractivity contribution in [3.8, 4) is 0 Å². The predicted molar refractivity (Wildman–Crippen MR) is 75.1 cm³/mol. The van der Waals surface area contributed by atoms with E-state index in [2.05, 4.69) is 6.92 Å². The quantitative estimate of drug-likeness (QED) is 0.841. The molecule has 0 aromatic heterocycles. The van der Waals surface area contributed by atoms with E-state index < -0.39 is 9.84 Å². The predicted octanol–water partition coefficient (Wildman–Crippen LogP) is 2.50. The maximum atomic E-state index is 11.7. The van der Waals surface area contributed by atoms with E-state index in [1.165, 1.54) is 19.1 Å². The van der Waals surface area contributed by atoms with Gasteiger partial charge in [0, 0.05) is 11.8 Å². The smallest absolute Gasteiger partial charge is 0.150 e. The first-order chi connectivity index (χ1) is 8.31. The SMILES string of the molecule is CC1CCC(N)(C2CCCC(S(C)(=O)=O)C2)CC1. The molecule has 2 saturated carbocycles. The molecule has 0 heterocycles. The van der Waals surface area contributed by atoms with Crippen LogP contribution in [0, 0.1) is 11.8 Å². The van der Waals surface area contributed by atoms with Crippen molar-refractivity contribution in [1.29, 1.82) is 0 Å². The lowest BCUT2D eigenvalue weighted by Gasteiger charge is -2.45. The Bertz CT molecular complexity index is 383. The maximum Gasteiger partial charge on any atom is 0.150 e. The summed E-state index contributed by atoms with van der Waals surface area (Å²) in [7, 11) is -2.89. The van der Waals surface area contributed by atoms with Crippen molar-refractivity contribution in [3.63, 3.8) is 0 Å². The molecular formula is C14H27NO2S. The van der Waals surface area contributed by atoms with E-state index >= 15 is 0 Å². The standard InChI is InChI=1S/C14H27NO2S/c1-11-6-8-14(15,9-7-11)12-4-3-5-13(10-12)18(2,16)17/h11-13H,3-10,15H2,1-2H3. The fourth-order valence-corrected chi connectivity index (χ4v) is 4.94. The van der Waals surface area contributed by atoms with Crippen LogP contribution in [0.15, 0.2) is 0 Å². The van der Waals surface area contributed by atoms with Gasteiger partial charge in [-0.3, -0.25) is 0 Å². The Morgan fingerprint density at radius 2 is 1.72 bits per heavy atom. The van der Waals surface area contributed by atoms with E-state index in [9.17, 15) is 8.42 Å². The summed E-state index contributed by atoms with van der Waals surface area (Å²) in [6.07, 6.45) is 9.73. The fourth-order valence-electron chi connectivity index (χ4n) is 3.76. The molecule has 2 aliphatic rings. The molecule has 2 fully saturated rings. The fraction of sp³-hybridized carbons (Fsp3) is 1.00. The molecule has 0 spiro atoms. The van der Waals surface area contributed by atoms with E-state index in [4.69, 9.17) is 5.73 Å². The highest BCUT2D eigenvalue weighted by Gasteiger charge is 2.41. The molecule has 4 heteroatoms. The monoisotopic (exact) mass is 273 g/mol. The average molecular weight is 273 g/mol. The van der Waals surface area contributed by atoms with Crippen LogP contribution in [0.1, 0.15) is 58.3 Å². The van der Waals surface area contributed by atoms with Crippen LogP contribution < -0.4 is 5.73 Å². The zero-order valence-corrected chi connectivity index (χ0v) is 12.5. The summed E-state index contributed by atoms with van der Waals surface area (Å²) < 4.78 is 23.5. The molecule has 2 aliphatic carbocycles. The molecule has 106 valence electrons. The molecule has 2 rings (SSSR count). The number of hydrogen-bond donors (Lipinski definition) is 1. The first kappa shape index (κ1) is 14.3. The van der Waals surface area contributed by atoms with Crippen LogP contribution in [-0.2, 0) is 9.84 Å². The van der Waals surface area contributed by atoms with Crippen molar-refractivity contribution in [2.75, 3.05) is 6.26 Å². The highest BCUT2D eigenvalue weighted by molar-refractivity contribution is 7.91. The van der Waals surface area contributed by atoms with Crippen molar-refractivity contribution < 1.29 is 8.42 Å². The molecule has 2 atom stereocenters. The Morgan fingerprint density at radius 3 is 2.28 bits per heavy atom. The summed E-state index contributed by atoms with van der Waals surface area (Å²) in [5, 5.41) is -0.143. The average Bonchev–Trinajstić information content (AvgIpc) is 2.32. The molecule has 2 unspecified atom stereocenters. The highest BCUT2D eigenvalue weighted by atomic mass is 32.2. The van der Waals surface area contributed by atoms with Crippen LogP contribution in [0.5, 0.6) is 0 Å². The summed E-state index contributed by atoms with van der Waals surface area (Å²) in [6, 6.07) is 0. The van der Waals surface area contributed by atoms with Gasteiger partial charge in [0.05, 0.1) is 5.25 Å². The molecule has 0 saturated heterocycles. The number of rotatable bonds is 2. The molecule has 2 N–H and O–H groups in total. The summed E-state index contributed by atoms with van der Waals surface area (Å²) in [4.78, 5) is 0. The van der Waals surface area contributed by atoms with E-state index in [1.54, 1.807) is 0 Å². The lowest BCUT2D eigenvalue weighted by molar-refractivity contribution is 0.135. The first-order valence-corrected chi connectivity index (χ1v) is 9.24. The zero-order chi connectivity index (χ0) is 13.4. The molecule has 0 aromatic carbocycles. The van der Waals surface area contributed by atoms with E-state index in [-0.39, 0.29) is 10.8 Å². The van der Waals surface area contributed by atoms with Gasteiger partial charge in [-0.25, -0.2) is 8.42 Å². The third kappa shape index (κ3) is 3.08. The molecular weight excluding hydrogens is 246 g/mol. The normalized spacial score (nSPS) is 42.7. The van der Waals surface area contributed by atoms with Gasteiger partial charge in [0.25, 0.3) is 0 Å². The summed E-state index contributed by atoms with van der Waals surface area (Å²) in [5.41, 5.74) is 6.52. The zero-order valence-electron chi connectivity index (χ0n) is 11.7. The number of nitrogens with two attached hydrogens (primary N) is 1. The van der Waals surface area contributed by atoms with Crippen molar-refractivity contribution in [2.24, 2.45) is 17.6 Å². The lowest BCUT2D eigenvalue weighted by Crippen LogP contribution is -2.52. The molecule has 0 bridgehead atoms. The van der Waals surface area contributed by atoms with Gasteiger partial charge in [-0.1, -0.05) is 13.3 Å². The second kappa shape index (κ2) is 5.12. The van der Waals surface area contributed by atoms with Gasteiger partial charge < -0.3 is 5.73 Å². The molecule has 0 aliphatic heterocycles. The first-order valence-electron chi connectivity index (χ1n) is 7.29. The minimum Gasteiger partial charge on any atom is -0.325 e. The highest BCUT2D eigenvalue weighted by Crippen LogP contribution is 2.42. The Labute approximate surface area is 111 Å². The Kier molecular flexibility index (Phi) is 4.07. The van der Waals surface area contributed by atoms with Crippen molar-refractivity contribution in [1.82, 2.24) is 0 Å². The maximum absolute atomic E-state index is 11.7. The summed E-state index contributed by atoms with van der Waals surface area (Å²) in [6.45, 7) is 2.29. The van der Waals surface area contributed by atoms with Gasteiger partial charge in [0.2, 0.25) is 0 Å². The van der Waals surface area contributed by atoms with Crippen molar-refractivity contribution in [2.45, 2.75) is 69.1 Å². The van der Waals surface area contributed by atoms with Crippen LogP contribution in [0.25, 0.3) is 0 Å². The third-order valence-electron chi connectivity index (χ3n) is 5.25. The summed E-state index contributed by atoms with van der Waals surface area (Å²) in [5.74, 6) is 1.20. The van der Waals surface area contributed by atoms with Crippen molar-refractivity contribution >= 4 is 9.84 Å². The van der Waals surface area contributed by atoms with Crippen LogP contribution in [0.2, 0.25) is 0 Å². The van der Waals surface area contributed by atoms with Crippen LogP contribution >= 0.6 is 0 Å². The van der Waals surface area contributed by atoms with E-state index in [1.807, 2.05) is 0 Å². The largest absolute Gasteiger partial charge is 0.325 e. The minimum atomic E-state index is -2.89. The lowest BCUT2D eigenvalue weighted by atomic mass is 9.66. The molecule has 0 aromatic rings. The Balaban J connectivity index is 2.04. The number of hydrogen-bond acceptors (Lipinski definition) is 3. The second-order valence-electron chi connectivity index (χ2n) is 6.73. The van der Waals surface area contributed by atoms with Crippen molar-refractivity contribution in [3.05, 3.63) is 0 Å². The topological polar surface area (TPSA) is 60.2 Å². The van der Waals surface area contributed by atoms with Gasteiger partial charge in [0.1, 0.15) is 9.84 Å². The van der Waals surface area contributed by atoms with E-state index in [0.717, 1.165) is 44.4 Å². The van der Waals surface area contributed by atoms with Crippen LogP contribution in [0.4, 0.5) is 0 Å². The van der Waals surface area contributed by atoms with Gasteiger partial charge in [-0.2, -0.15) is 0 Å². The molecule has 0 radical (unpaired) electrons. The second-order valence-corrected chi connectivity index (χ2v) is 9.06. The van der Waals surface area contributed by atoms with E-state index in [0.29, 0.717) is 5.92 Å². The Morgan fingerprint density at radius 1 is 1.11 bits per heavy atom. The number of sulfone groups is 1. The minimum absolute atomic E-state index is 0.0874. The molecule has 0 amide bonds. The van der Waals surface area contributed by atoms with Crippen LogP contribution in [-0.4, -0.2) is 25.5 Å². The van der Waals surface area contributed by atoms with Gasteiger partial charge in [0.15, 0.2) is 0 Å².